The number of nitriles is 2. The fraction of sp³-hybridized carbons (Fsp3) is 0.679. The summed E-state index contributed by atoms with van der Waals surface area (Å²) in [6.07, 6.45) is 15.7. The van der Waals surface area contributed by atoms with Crippen molar-refractivity contribution in [1.82, 2.24) is 0 Å². The molecule has 0 aromatic heterocycles. The van der Waals surface area contributed by atoms with Crippen LogP contribution < -0.4 is 9.47 Å². The molecule has 1 fully saturated rings. The molecule has 5 heteroatoms. The molecule has 1 aliphatic carbocycles. The SMILES string of the molecule is CCCCCCCOc1ccc(OC(=O)C2CCC(CCCCCC)CC2)c(C#N)c1C#N. The second-order valence-electron chi connectivity index (χ2n) is 9.29. The Morgan fingerprint density at radius 3 is 2.06 bits per heavy atom. The summed E-state index contributed by atoms with van der Waals surface area (Å²) < 4.78 is 11.4. The largest absolute Gasteiger partial charge is 0.492 e. The van der Waals surface area contributed by atoms with Crippen molar-refractivity contribution in [3.05, 3.63) is 23.3 Å². The molecule has 0 N–H and O–H groups in total. The van der Waals surface area contributed by atoms with Crippen LogP contribution in [-0.4, -0.2) is 12.6 Å². The summed E-state index contributed by atoms with van der Waals surface area (Å²) in [5.41, 5.74) is 0.228. The van der Waals surface area contributed by atoms with Gasteiger partial charge >= 0.3 is 5.97 Å². The third kappa shape index (κ3) is 8.73. The first-order valence-corrected chi connectivity index (χ1v) is 13.0. The van der Waals surface area contributed by atoms with Crippen LogP contribution in [0.4, 0.5) is 0 Å². The van der Waals surface area contributed by atoms with Crippen LogP contribution in [0.25, 0.3) is 0 Å². The number of carbonyl (C=O) groups excluding carboxylic acids is 1. The van der Waals surface area contributed by atoms with E-state index in [2.05, 4.69) is 19.9 Å². The molecule has 0 radical (unpaired) electrons. The van der Waals surface area contributed by atoms with Crippen LogP contribution in [0.3, 0.4) is 0 Å². The van der Waals surface area contributed by atoms with Crippen molar-refractivity contribution in [2.75, 3.05) is 6.61 Å². The monoisotopic (exact) mass is 452 g/mol. The number of esters is 1. The minimum atomic E-state index is -0.288. The Hall–Kier alpha value is -2.53. The maximum absolute atomic E-state index is 12.8. The first-order valence-electron chi connectivity index (χ1n) is 13.0. The molecule has 0 bridgehead atoms. The minimum Gasteiger partial charge on any atom is -0.492 e. The molecule has 180 valence electrons. The fourth-order valence-corrected chi connectivity index (χ4v) is 4.62. The van der Waals surface area contributed by atoms with Crippen LogP contribution in [0.15, 0.2) is 12.1 Å². The van der Waals surface area contributed by atoms with E-state index >= 15 is 0 Å². The van der Waals surface area contributed by atoms with Gasteiger partial charge in [-0.05, 0) is 50.2 Å². The summed E-state index contributed by atoms with van der Waals surface area (Å²) in [4.78, 5) is 12.8. The quantitative estimate of drug-likeness (QED) is 0.166. The second kappa shape index (κ2) is 15.3. The summed E-state index contributed by atoms with van der Waals surface area (Å²) in [5, 5.41) is 19.3. The summed E-state index contributed by atoms with van der Waals surface area (Å²) in [6, 6.07) is 7.33. The smallest absolute Gasteiger partial charge is 0.314 e. The molecular formula is C28H40N2O3. The van der Waals surface area contributed by atoms with Gasteiger partial charge in [-0.25, -0.2) is 0 Å². The fourth-order valence-electron chi connectivity index (χ4n) is 4.62. The lowest BCUT2D eigenvalue weighted by molar-refractivity contribution is -0.140. The third-order valence-corrected chi connectivity index (χ3v) is 6.71. The van der Waals surface area contributed by atoms with Gasteiger partial charge in [0.2, 0.25) is 0 Å². The molecule has 0 atom stereocenters. The number of carbonyl (C=O) groups is 1. The lowest BCUT2D eigenvalue weighted by Gasteiger charge is -2.27. The third-order valence-electron chi connectivity index (χ3n) is 6.71. The zero-order valence-electron chi connectivity index (χ0n) is 20.5. The van der Waals surface area contributed by atoms with Gasteiger partial charge in [0.15, 0.2) is 0 Å². The van der Waals surface area contributed by atoms with Crippen molar-refractivity contribution < 1.29 is 14.3 Å². The van der Waals surface area contributed by atoms with Crippen molar-refractivity contribution in [3.8, 4) is 23.6 Å². The van der Waals surface area contributed by atoms with Gasteiger partial charge in [-0.2, -0.15) is 10.5 Å². The Kier molecular flexibility index (Phi) is 12.4. The number of nitrogens with zero attached hydrogens (tertiary/aromatic N) is 2. The Morgan fingerprint density at radius 1 is 0.848 bits per heavy atom. The molecule has 2 rings (SSSR count). The van der Waals surface area contributed by atoms with Gasteiger partial charge < -0.3 is 9.47 Å². The van der Waals surface area contributed by atoms with E-state index in [1.54, 1.807) is 12.1 Å². The second-order valence-corrected chi connectivity index (χ2v) is 9.29. The standard InChI is InChI=1S/C28H40N2O3/c1-3-5-7-9-11-19-32-26-17-18-27(25(21-30)24(26)20-29)33-28(31)23-15-13-22(14-16-23)12-10-8-6-4-2/h17-18,22-23H,3-16,19H2,1-2H3. The van der Waals surface area contributed by atoms with E-state index < -0.39 is 0 Å². The zero-order valence-corrected chi connectivity index (χ0v) is 20.5. The Balaban J connectivity index is 1.90. The van der Waals surface area contributed by atoms with E-state index in [0.29, 0.717) is 18.3 Å². The molecule has 33 heavy (non-hydrogen) atoms. The molecule has 1 aromatic rings. The molecular weight excluding hydrogens is 412 g/mol. The van der Waals surface area contributed by atoms with Crippen LogP contribution in [0.2, 0.25) is 0 Å². The lowest BCUT2D eigenvalue weighted by atomic mass is 9.80. The van der Waals surface area contributed by atoms with Crippen molar-refractivity contribution in [3.63, 3.8) is 0 Å². The van der Waals surface area contributed by atoms with Gasteiger partial charge in [0.05, 0.1) is 12.5 Å². The number of unbranched alkanes of at least 4 members (excludes halogenated alkanes) is 7. The van der Waals surface area contributed by atoms with E-state index in [9.17, 15) is 15.3 Å². The maximum atomic E-state index is 12.8. The van der Waals surface area contributed by atoms with Crippen molar-refractivity contribution >= 4 is 5.97 Å². The Morgan fingerprint density at radius 2 is 1.42 bits per heavy atom. The maximum Gasteiger partial charge on any atom is 0.314 e. The number of rotatable bonds is 14. The number of ether oxygens (including phenoxy) is 2. The summed E-state index contributed by atoms with van der Waals surface area (Å²) in [7, 11) is 0. The zero-order chi connectivity index (χ0) is 23.9. The number of hydrogen-bond donors (Lipinski definition) is 0. The summed E-state index contributed by atoms with van der Waals surface area (Å²) in [5.74, 6) is 0.838. The van der Waals surface area contributed by atoms with Gasteiger partial charge in [0.1, 0.15) is 34.8 Å². The highest BCUT2D eigenvalue weighted by molar-refractivity contribution is 5.77. The Bertz CT molecular complexity index is 814. The van der Waals surface area contributed by atoms with Crippen LogP contribution in [0.5, 0.6) is 11.5 Å². The highest BCUT2D eigenvalue weighted by Gasteiger charge is 2.28. The molecule has 1 aliphatic rings. The van der Waals surface area contributed by atoms with Crippen LogP contribution in [-0.2, 0) is 4.79 Å². The van der Waals surface area contributed by atoms with E-state index in [1.807, 2.05) is 6.07 Å². The topological polar surface area (TPSA) is 83.1 Å². The molecule has 0 unspecified atom stereocenters. The van der Waals surface area contributed by atoms with Gasteiger partial charge in [-0.15, -0.1) is 0 Å². The van der Waals surface area contributed by atoms with Crippen LogP contribution in [0, 0.1) is 34.5 Å². The number of hydrogen-bond acceptors (Lipinski definition) is 5. The van der Waals surface area contributed by atoms with Gasteiger partial charge in [-0.3, -0.25) is 4.79 Å². The highest BCUT2D eigenvalue weighted by atomic mass is 16.5. The molecule has 0 heterocycles. The minimum absolute atomic E-state index is 0.0824. The van der Waals surface area contributed by atoms with Gasteiger partial charge in [-0.1, -0.05) is 71.6 Å². The van der Waals surface area contributed by atoms with Crippen molar-refractivity contribution in [2.24, 2.45) is 11.8 Å². The average Bonchev–Trinajstić information content (AvgIpc) is 2.84. The van der Waals surface area contributed by atoms with E-state index in [4.69, 9.17) is 9.47 Å². The van der Waals surface area contributed by atoms with Gasteiger partial charge in [0.25, 0.3) is 0 Å². The first kappa shape index (κ1) is 26.7. The molecule has 1 aromatic carbocycles. The van der Waals surface area contributed by atoms with E-state index in [1.165, 1.54) is 51.4 Å². The molecule has 1 saturated carbocycles. The summed E-state index contributed by atoms with van der Waals surface area (Å²) in [6.45, 7) is 4.91. The summed E-state index contributed by atoms with van der Waals surface area (Å²) >= 11 is 0. The normalized spacial score (nSPS) is 17.7. The average molecular weight is 453 g/mol. The first-order chi connectivity index (χ1) is 16.1. The van der Waals surface area contributed by atoms with Crippen LogP contribution in [0.1, 0.15) is 115 Å². The predicted molar refractivity (Wildman–Crippen MR) is 130 cm³/mol. The molecule has 0 amide bonds. The Labute approximate surface area is 200 Å². The van der Waals surface area contributed by atoms with E-state index in [-0.39, 0.29) is 28.8 Å². The van der Waals surface area contributed by atoms with E-state index in [0.717, 1.165) is 38.5 Å². The molecule has 0 spiro atoms. The highest BCUT2D eigenvalue weighted by Crippen LogP contribution is 2.35. The van der Waals surface area contributed by atoms with Gasteiger partial charge in [0, 0.05) is 0 Å². The molecule has 5 nitrogen and oxygen atoms in total. The van der Waals surface area contributed by atoms with Crippen LogP contribution >= 0.6 is 0 Å². The van der Waals surface area contributed by atoms with Crippen molar-refractivity contribution in [2.45, 2.75) is 104 Å². The molecule has 0 saturated heterocycles. The lowest BCUT2D eigenvalue weighted by Crippen LogP contribution is -2.26. The van der Waals surface area contributed by atoms with Crippen molar-refractivity contribution in [1.29, 1.82) is 10.5 Å². The number of benzene rings is 1. The molecule has 0 aliphatic heterocycles. The predicted octanol–water partition coefficient (Wildman–Crippen LogP) is 7.46.